The van der Waals surface area contributed by atoms with E-state index >= 15 is 0 Å². The van der Waals surface area contributed by atoms with Crippen LogP contribution in [0.25, 0.3) is 0 Å². The van der Waals surface area contributed by atoms with Gasteiger partial charge in [-0.25, -0.2) is 19.6 Å². The molecule has 0 aromatic carbocycles. The SMILES string of the molecule is CC(CC(C)(C)OOC(C)(C)C)OC(=O)CCC(=O)OC(C)CC(C)(C)OOC(C)(C)C. The van der Waals surface area contributed by atoms with Gasteiger partial charge in [0.15, 0.2) is 0 Å². The molecule has 8 nitrogen and oxygen atoms in total. The van der Waals surface area contributed by atoms with Crippen molar-refractivity contribution in [3.05, 3.63) is 0 Å². The Balaban J connectivity index is 4.33. The number of hydrogen-bond donors (Lipinski definition) is 0. The van der Waals surface area contributed by atoms with E-state index in [1.807, 2.05) is 69.2 Å². The van der Waals surface area contributed by atoms with Gasteiger partial charge in [0.1, 0.15) is 23.4 Å². The molecule has 0 aromatic rings. The Morgan fingerprint density at radius 1 is 0.562 bits per heavy atom. The molecule has 2 atom stereocenters. The van der Waals surface area contributed by atoms with Crippen molar-refractivity contribution in [3.63, 3.8) is 0 Å². The van der Waals surface area contributed by atoms with Gasteiger partial charge in [-0.05, 0) is 83.1 Å². The van der Waals surface area contributed by atoms with E-state index < -0.39 is 46.6 Å². The Morgan fingerprint density at radius 3 is 1.09 bits per heavy atom. The molecule has 0 radical (unpaired) electrons. The molecule has 0 aliphatic carbocycles. The van der Waals surface area contributed by atoms with Gasteiger partial charge in [-0.15, -0.1) is 0 Å². The largest absolute Gasteiger partial charge is 0.463 e. The Hall–Kier alpha value is -1.22. The topological polar surface area (TPSA) is 89.5 Å². The van der Waals surface area contributed by atoms with Gasteiger partial charge in [0.25, 0.3) is 0 Å². The Labute approximate surface area is 194 Å². The summed E-state index contributed by atoms with van der Waals surface area (Å²) in [4.78, 5) is 45.9. The Bertz CT molecular complexity index is 532. The maximum atomic E-state index is 12.1. The molecule has 0 aliphatic rings. The average Bonchev–Trinajstić information content (AvgIpc) is 2.54. The molecule has 0 fully saturated rings. The van der Waals surface area contributed by atoms with Gasteiger partial charge in [-0.3, -0.25) is 9.59 Å². The molecular weight excluding hydrogens is 416 g/mol. The number of rotatable bonds is 13. The van der Waals surface area contributed by atoms with Crippen molar-refractivity contribution >= 4 is 11.9 Å². The molecule has 8 heteroatoms. The van der Waals surface area contributed by atoms with Crippen molar-refractivity contribution in [1.82, 2.24) is 0 Å². The van der Waals surface area contributed by atoms with Crippen LogP contribution in [0.5, 0.6) is 0 Å². The van der Waals surface area contributed by atoms with E-state index in [4.69, 9.17) is 29.0 Å². The van der Waals surface area contributed by atoms with Crippen molar-refractivity contribution in [2.24, 2.45) is 0 Å². The van der Waals surface area contributed by atoms with Gasteiger partial charge in [0.2, 0.25) is 0 Å². The number of hydrogen-bond acceptors (Lipinski definition) is 8. The summed E-state index contributed by atoms with van der Waals surface area (Å²) in [6.45, 7) is 22.3. The van der Waals surface area contributed by atoms with E-state index in [1.165, 1.54) is 0 Å². The Morgan fingerprint density at radius 2 is 0.844 bits per heavy atom. The maximum Gasteiger partial charge on any atom is 0.306 e. The van der Waals surface area contributed by atoms with Crippen molar-refractivity contribution in [2.45, 2.75) is 143 Å². The molecule has 0 N–H and O–H groups in total. The van der Waals surface area contributed by atoms with E-state index in [-0.39, 0.29) is 12.8 Å². The van der Waals surface area contributed by atoms with E-state index in [9.17, 15) is 9.59 Å². The second-order valence-corrected chi connectivity index (χ2v) is 11.6. The average molecular weight is 463 g/mol. The molecule has 0 aromatic heterocycles. The van der Waals surface area contributed by atoms with Gasteiger partial charge >= 0.3 is 11.9 Å². The van der Waals surface area contributed by atoms with Crippen molar-refractivity contribution in [1.29, 1.82) is 0 Å². The van der Waals surface area contributed by atoms with Crippen LogP contribution in [0.15, 0.2) is 0 Å². The third-order valence-electron chi connectivity index (χ3n) is 3.79. The summed E-state index contributed by atoms with van der Waals surface area (Å²) in [5.74, 6) is -0.922. The molecule has 190 valence electrons. The lowest BCUT2D eigenvalue weighted by atomic mass is 10.0. The number of carbonyl (C=O) groups excluding carboxylic acids is 2. The van der Waals surface area contributed by atoms with Crippen LogP contribution < -0.4 is 0 Å². The van der Waals surface area contributed by atoms with Crippen LogP contribution in [0, 0.1) is 0 Å². The first-order valence-corrected chi connectivity index (χ1v) is 11.3. The van der Waals surface area contributed by atoms with Gasteiger partial charge in [0, 0.05) is 12.8 Å². The molecule has 2 unspecified atom stereocenters. The van der Waals surface area contributed by atoms with Crippen molar-refractivity contribution < 1.29 is 38.6 Å². The summed E-state index contributed by atoms with van der Waals surface area (Å²) < 4.78 is 10.8. The quantitative estimate of drug-likeness (QED) is 0.202. The number of esters is 2. The molecule has 0 rings (SSSR count). The zero-order valence-corrected chi connectivity index (χ0v) is 22.2. The number of ether oxygens (including phenoxy) is 2. The van der Waals surface area contributed by atoms with Gasteiger partial charge in [0.05, 0.1) is 24.0 Å². The van der Waals surface area contributed by atoms with Crippen LogP contribution in [0.1, 0.15) is 109 Å². The minimum Gasteiger partial charge on any atom is -0.463 e. The van der Waals surface area contributed by atoms with Crippen LogP contribution in [0.4, 0.5) is 0 Å². The van der Waals surface area contributed by atoms with Crippen LogP contribution in [0.3, 0.4) is 0 Å². The van der Waals surface area contributed by atoms with E-state index in [0.29, 0.717) is 12.8 Å². The minimum absolute atomic E-state index is 0.0529. The summed E-state index contributed by atoms with van der Waals surface area (Å²) >= 11 is 0. The van der Waals surface area contributed by atoms with Crippen molar-refractivity contribution in [3.8, 4) is 0 Å². The van der Waals surface area contributed by atoms with Crippen LogP contribution in [-0.4, -0.2) is 46.6 Å². The van der Waals surface area contributed by atoms with Crippen LogP contribution in [-0.2, 0) is 38.6 Å². The third-order valence-corrected chi connectivity index (χ3v) is 3.79. The first kappa shape index (κ1) is 30.8. The van der Waals surface area contributed by atoms with E-state index in [2.05, 4.69) is 0 Å². The molecule has 0 amide bonds. The monoisotopic (exact) mass is 462 g/mol. The van der Waals surface area contributed by atoms with Crippen LogP contribution >= 0.6 is 0 Å². The predicted octanol–water partition coefficient (Wildman–Crippen LogP) is 5.46. The van der Waals surface area contributed by atoms with Crippen LogP contribution in [0.2, 0.25) is 0 Å². The van der Waals surface area contributed by atoms with Crippen molar-refractivity contribution in [2.75, 3.05) is 0 Å². The highest BCUT2D eigenvalue weighted by Crippen LogP contribution is 2.24. The predicted molar refractivity (Wildman–Crippen MR) is 122 cm³/mol. The van der Waals surface area contributed by atoms with Gasteiger partial charge in [-0.2, -0.15) is 0 Å². The Kier molecular flexibility index (Phi) is 11.8. The van der Waals surface area contributed by atoms with Gasteiger partial charge in [-0.1, -0.05) is 0 Å². The highest BCUT2D eigenvalue weighted by Gasteiger charge is 2.29. The van der Waals surface area contributed by atoms with E-state index in [1.54, 1.807) is 13.8 Å². The fourth-order valence-electron chi connectivity index (χ4n) is 2.78. The minimum atomic E-state index is -0.632. The summed E-state index contributed by atoms with van der Waals surface area (Å²) in [5.41, 5.74) is -2.13. The molecular formula is C24H46O8. The summed E-state index contributed by atoms with van der Waals surface area (Å²) in [6.07, 6.45) is 0.00339. The molecule has 0 aliphatic heterocycles. The second kappa shape index (κ2) is 12.3. The molecule has 0 saturated carbocycles. The molecule has 0 bridgehead atoms. The summed E-state index contributed by atoms with van der Waals surface area (Å²) in [6, 6.07) is 0. The normalized spacial score (nSPS) is 15.2. The highest BCUT2D eigenvalue weighted by molar-refractivity contribution is 5.77. The third kappa shape index (κ3) is 17.3. The lowest BCUT2D eigenvalue weighted by Gasteiger charge is -2.30. The fourth-order valence-corrected chi connectivity index (χ4v) is 2.78. The lowest BCUT2D eigenvalue weighted by Crippen LogP contribution is -2.35. The molecule has 0 spiro atoms. The lowest BCUT2D eigenvalue weighted by molar-refractivity contribution is -0.399. The number of carbonyl (C=O) groups is 2. The van der Waals surface area contributed by atoms with E-state index in [0.717, 1.165) is 0 Å². The smallest absolute Gasteiger partial charge is 0.306 e. The summed E-state index contributed by atoms with van der Waals surface area (Å²) in [5, 5.41) is 0. The second-order valence-electron chi connectivity index (χ2n) is 11.6. The maximum absolute atomic E-state index is 12.1. The molecule has 0 saturated heterocycles. The zero-order valence-electron chi connectivity index (χ0n) is 22.2. The first-order valence-electron chi connectivity index (χ1n) is 11.3. The standard InChI is InChI=1S/C24H46O8/c1-17(15-23(9,10)31-29-21(3,4)5)27-19(25)13-14-20(26)28-18(2)16-24(11,12)32-30-22(6,7)8/h17-18H,13-16H2,1-12H3. The first-order chi connectivity index (χ1) is 14.2. The summed E-state index contributed by atoms with van der Waals surface area (Å²) in [7, 11) is 0. The highest BCUT2D eigenvalue weighted by atomic mass is 17.2. The molecule has 32 heavy (non-hydrogen) atoms. The zero-order chi connectivity index (χ0) is 25.4. The van der Waals surface area contributed by atoms with Gasteiger partial charge < -0.3 is 9.47 Å². The molecule has 0 heterocycles. The fraction of sp³-hybridized carbons (Fsp3) is 0.917.